The molecule has 0 unspecified atom stereocenters. The fraction of sp³-hybridized carbons (Fsp3) is 0. The summed E-state index contributed by atoms with van der Waals surface area (Å²) in [6.45, 7) is 0. The van der Waals surface area contributed by atoms with Crippen molar-refractivity contribution in [2.24, 2.45) is 0 Å². The van der Waals surface area contributed by atoms with Crippen LogP contribution in [-0.2, 0) is 0 Å². The van der Waals surface area contributed by atoms with Crippen molar-refractivity contribution in [1.82, 2.24) is 0 Å². The summed E-state index contributed by atoms with van der Waals surface area (Å²) in [6.07, 6.45) is 0. The lowest BCUT2D eigenvalue weighted by Gasteiger charge is -1.97. The molecule has 19 heavy (non-hydrogen) atoms. The van der Waals surface area contributed by atoms with Gasteiger partial charge < -0.3 is 14.8 Å². The van der Waals surface area contributed by atoms with Crippen molar-refractivity contribution in [2.45, 2.75) is 0 Å². The van der Waals surface area contributed by atoms with Crippen LogP contribution in [0, 0.1) is 10.1 Å². The van der Waals surface area contributed by atoms with Crippen molar-refractivity contribution in [3.63, 3.8) is 0 Å². The molecule has 0 aliphatic heterocycles. The Labute approximate surface area is 109 Å². The first-order valence-electron chi connectivity index (χ1n) is 4.86. The van der Waals surface area contributed by atoms with Crippen LogP contribution in [0.5, 0.6) is 0 Å². The Morgan fingerprint density at radius 3 is 2.58 bits per heavy atom. The fourth-order valence-corrected chi connectivity index (χ4v) is 1.98. The molecule has 2 rings (SSSR count). The van der Waals surface area contributed by atoms with Crippen LogP contribution in [0.2, 0.25) is 0 Å². The number of hydrogen-bond donors (Lipinski definition) is 2. The van der Waals surface area contributed by atoms with Crippen LogP contribution in [0.1, 0.15) is 20.2 Å². The minimum Gasteiger partial charge on any atom is -0.477 e. The number of thiophene rings is 1. The van der Waals surface area contributed by atoms with Gasteiger partial charge in [0.05, 0.1) is 11.1 Å². The number of carboxylic acids is 1. The van der Waals surface area contributed by atoms with E-state index in [-0.39, 0.29) is 10.6 Å². The van der Waals surface area contributed by atoms with Gasteiger partial charge >= 0.3 is 11.9 Å². The van der Waals surface area contributed by atoms with Crippen LogP contribution in [0.4, 0.5) is 10.9 Å². The van der Waals surface area contributed by atoms with Crippen LogP contribution >= 0.6 is 11.3 Å². The Morgan fingerprint density at radius 2 is 2.05 bits per heavy atom. The summed E-state index contributed by atoms with van der Waals surface area (Å²) in [4.78, 5) is 32.0. The molecular formula is C10H6N2O6S. The van der Waals surface area contributed by atoms with E-state index in [4.69, 9.17) is 9.52 Å². The van der Waals surface area contributed by atoms with E-state index < -0.39 is 22.7 Å². The van der Waals surface area contributed by atoms with Gasteiger partial charge in [-0.05, 0) is 18.2 Å². The van der Waals surface area contributed by atoms with Crippen molar-refractivity contribution < 1.29 is 24.0 Å². The highest BCUT2D eigenvalue weighted by molar-refractivity contribution is 7.18. The summed E-state index contributed by atoms with van der Waals surface area (Å²) in [5, 5.41) is 21.8. The summed E-state index contributed by atoms with van der Waals surface area (Å²) in [6, 6.07) is 4.99. The minimum absolute atomic E-state index is 0.0701. The molecule has 0 fully saturated rings. The number of hydrogen-bond acceptors (Lipinski definition) is 6. The van der Waals surface area contributed by atoms with Gasteiger partial charge in [-0.2, -0.15) is 0 Å². The van der Waals surface area contributed by atoms with Crippen LogP contribution in [0.3, 0.4) is 0 Å². The zero-order valence-corrected chi connectivity index (χ0v) is 9.97. The van der Waals surface area contributed by atoms with E-state index in [1.54, 1.807) is 0 Å². The molecule has 0 radical (unpaired) electrons. The lowest BCUT2D eigenvalue weighted by atomic mass is 10.4. The average molecular weight is 282 g/mol. The summed E-state index contributed by atoms with van der Waals surface area (Å²) in [7, 11) is 0. The van der Waals surface area contributed by atoms with E-state index in [1.165, 1.54) is 18.2 Å². The summed E-state index contributed by atoms with van der Waals surface area (Å²) >= 11 is 0.870. The molecule has 0 bridgehead atoms. The lowest BCUT2D eigenvalue weighted by molar-refractivity contribution is -0.402. The predicted molar refractivity (Wildman–Crippen MR) is 64.6 cm³/mol. The van der Waals surface area contributed by atoms with Gasteiger partial charge in [-0.15, -0.1) is 11.3 Å². The summed E-state index contributed by atoms with van der Waals surface area (Å²) in [5.74, 6) is -2.55. The molecule has 2 aromatic heterocycles. The molecule has 0 saturated carbocycles. The van der Waals surface area contributed by atoms with Crippen LogP contribution in [0.15, 0.2) is 28.7 Å². The number of carbonyl (C=O) groups is 2. The number of amides is 1. The van der Waals surface area contributed by atoms with E-state index in [0.29, 0.717) is 5.00 Å². The third-order valence-electron chi connectivity index (χ3n) is 2.05. The smallest absolute Gasteiger partial charge is 0.433 e. The molecule has 1 amide bonds. The number of carbonyl (C=O) groups excluding carboxylic acids is 1. The molecule has 0 saturated heterocycles. The molecular weight excluding hydrogens is 276 g/mol. The number of nitro groups is 1. The first-order chi connectivity index (χ1) is 8.97. The number of nitrogens with zero attached hydrogens (tertiary/aromatic N) is 1. The van der Waals surface area contributed by atoms with E-state index in [1.807, 2.05) is 0 Å². The van der Waals surface area contributed by atoms with Crippen LogP contribution < -0.4 is 5.32 Å². The Kier molecular flexibility index (Phi) is 3.29. The number of rotatable bonds is 4. The Morgan fingerprint density at radius 1 is 1.32 bits per heavy atom. The standard InChI is InChI=1S/C10H6N2O6S/c13-9(5-1-4-8(18-5)12(16)17)11-7-3-2-6(19-7)10(14)15/h1-4H,(H,11,13)(H,14,15). The molecule has 2 N–H and O–H groups in total. The third kappa shape index (κ3) is 2.77. The summed E-state index contributed by atoms with van der Waals surface area (Å²) < 4.78 is 4.71. The largest absolute Gasteiger partial charge is 0.477 e. The molecule has 0 aliphatic rings. The highest BCUT2D eigenvalue weighted by Crippen LogP contribution is 2.23. The van der Waals surface area contributed by atoms with Crippen molar-refractivity contribution >= 4 is 34.1 Å². The topological polar surface area (TPSA) is 123 Å². The van der Waals surface area contributed by atoms with Crippen LogP contribution in [-0.4, -0.2) is 21.9 Å². The Bertz CT molecular complexity index is 659. The lowest BCUT2D eigenvalue weighted by Crippen LogP contribution is -2.09. The fourth-order valence-electron chi connectivity index (χ4n) is 1.24. The number of furan rings is 1. The maximum Gasteiger partial charge on any atom is 0.433 e. The zero-order valence-electron chi connectivity index (χ0n) is 9.15. The van der Waals surface area contributed by atoms with E-state index >= 15 is 0 Å². The maximum atomic E-state index is 11.7. The first-order valence-corrected chi connectivity index (χ1v) is 5.67. The molecule has 0 atom stereocenters. The minimum atomic E-state index is -1.10. The van der Waals surface area contributed by atoms with Gasteiger partial charge in [0.2, 0.25) is 0 Å². The monoisotopic (exact) mass is 282 g/mol. The quantitative estimate of drug-likeness (QED) is 0.654. The van der Waals surface area contributed by atoms with Gasteiger partial charge in [-0.3, -0.25) is 14.9 Å². The number of anilines is 1. The van der Waals surface area contributed by atoms with Gasteiger partial charge in [0.25, 0.3) is 5.91 Å². The van der Waals surface area contributed by atoms with Gasteiger partial charge in [-0.25, -0.2) is 4.79 Å². The van der Waals surface area contributed by atoms with Crippen molar-refractivity contribution in [3.8, 4) is 0 Å². The molecule has 2 aromatic rings. The number of carboxylic acid groups (broad SMARTS) is 1. The second-order valence-electron chi connectivity index (χ2n) is 3.32. The second-order valence-corrected chi connectivity index (χ2v) is 4.40. The van der Waals surface area contributed by atoms with E-state index in [9.17, 15) is 19.7 Å². The zero-order chi connectivity index (χ0) is 14.0. The summed E-state index contributed by atoms with van der Waals surface area (Å²) in [5.41, 5.74) is 0. The molecule has 0 spiro atoms. The van der Waals surface area contributed by atoms with Crippen molar-refractivity contribution in [2.75, 3.05) is 5.32 Å². The molecule has 9 heteroatoms. The Balaban J connectivity index is 2.11. The normalized spacial score (nSPS) is 10.1. The van der Waals surface area contributed by atoms with Gasteiger partial charge in [0.15, 0.2) is 5.76 Å². The number of nitrogens with one attached hydrogen (secondary N) is 1. The Hall–Kier alpha value is -2.68. The van der Waals surface area contributed by atoms with Crippen LogP contribution in [0.25, 0.3) is 0 Å². The highest BCUT2D eigenvalue weighted by atomic mass is 32.1. The first kappa shape index (κ1) is 12.8. The maximum absolute atomic E-state index is 11.7. The van der Waals surface area contributed by atoms with E-state index in [2.05, 4.69) is 5.32 Å². The SMILES string of the molecule is O=C(Nc1ccc(C(=O)O)s1)c1ccc([N+](=O)[O-])o1. The highest BCUT2D eigenvalue weighted by Gasteiger charge is 2.18. The van der Waals surface area contributed by atoms with Crippen molar-refractivity contribution in [1.29, 1.82) is 0 Å². The van der Waals surface area contributed by atoms with Gasteiger partial charge in [-0.1, -0.05) is 0 Å². The molecule has 2 heterocycles. The molecule has 0 aromatic carbocycles. The van der Waals surface area contributed by atoms with E-state index in [0.717, 1.165) is 17.4 Å². The van der Waals surface area contributed by atoms with Gasteiger partial charge in [0, 0.05) is 0 Å². The molecule has 98 valence electrons. The van der Waals surface area contributed by atoms with Gasteiger partial charge in [0.1, 0.15) is 9.80 Å². The van der Waals surface area contributed by atoms with Crippen molar-refractivity contribution in [3.05, 3.63) is 45.0 Å². The third-order valence-corrected chi connectivity index (χ3v) is 3.04. The average Bonchev–Trinajstić information content (AvgIpc) is 2.96. The molecule has 0 aliphatic carbocycles. The number of aromatic carboxylic acids is 1. The second kappa shape index (κ2) is 4.90. The molecule has 8 nitrogen and oxygen atoms in total. The predicted octanol–water partition coefficient (Wildman–Crippen LogP) is 2.20.